The van der Waals surface area contributed by atoms with Gasteiger partial charge in [0.1, 0.15) is 5.41 Å². The van der Waals surface area contributed by atoms with Crippen molar-refractivity contribution in [2.24, 2.45) is 11.3 Å². The van der Waals surface area contributed by atoms with Crippen LogP contribution in [0.25, 0.3) is 0 Å². The van der Waals surface area contributed by atoms with E-state index in [1.54, 1.807) is 11.8 Å². The van der Waals surface area contributed by atoms with Crippen molar-refractivity contribution < 1.29 is 23.9 Å². The summed E-state index contributed by atoms with van der Waals surface area (Å²) in [5.41, 5.74) is 0.794. The van der Waals surface area contributed by atoms with Gasteiger partial charge in [0.15, 0.2) is 0 Å². The Morgan fingerprint density at radius 3 is 2.69 bits per heavy atom. The number of carbonyl (C=O) groups excluding carboxylic acids is 4. The van der Waals surface area contributed by atoms with E-state index in [0.717, 1.165) is 37.1 Å². The second-order valence-corrected chi connectivity index (χ2v) is 9.99. The first-order valence-electron chi connectivity index (χ1n) is 13.2. The van der Waals surface area contributed by atoms with Gasteiger partial charge in [-0.05, 0) is 51.0 Å². The number of allylic oxidation sites excluding steroid dienone is 1. The molecule has 0 aromatic heterocycles. The van der Waals surface area contributed by atoms with Crippen LogP contribution in [-0.4, -0.2) is 59.7 Å². The molecule has 36 heavy (non-hydrogen) atoms. The lowest BCUT2D eigenvalue weighted by molar-refractivity contribution is -0.162. The van der Waals surface area contributed by atoms with Gasteiger partial charge in [0.25, 0.3) is 0 Å². The molecule has 194 valence electrons. The molecule has 1 aromatic carbocycles. The number of rotatable bonds is 10. The van der Waals surface area contributed by atoms with E-state index in [9.17, 15) is 19.2 Å². The first-order valence-corrected chi connectivity index (χ1v) is 13.2. The molecule has 1 N–H and O–H groups in total. The lowest BCUT2D eigenvalue weighted by atomic mass is 9.66. The summed E-state index contributed by atoms with van der Waals surface area (Å²) < 4.78 is 5.52. The van der Waals surface area contributed by atoms with Crippen LogP contribution in [0, 0.1) is 11.3 Å². The molecular weight excluding hydrogens is 458 g/mol. The molecule has 2 fully saturated rings. The molecule has 3 aliphatic rings. The van der Waals surface area contributed by atoms with Crippen LogP contribution >= 0.6 is 0 Å². The van der Waals surface area contributed by atoms with Crippen molar-refractivity contribution in [3.63, 3.8) is 0 Å². The Morgan fingerprint density at radius 1 is 1.17 bits per heavy atom. The number of carbonyl (C=O) groups is 4. The number of ether oxygens (including phenoxy) is 1. The number of fused-ring (bicyclic) bond motifs is 1. The highest BCUT2D eigenvalue weighted by Gasteiger charge is 2.54. The summed E-state index contributed by atoms with van der Waals surface area (Å²) in [4.78, 5) is 55.2. The molecule has 0 unspecified atom stereocenters. The minimum atomic E-state index is -0.905. The van der Waals surface area contributed by atoms with Crippen molar-refractivity contribution in [2.45, 2.75) is 64.8 Å². The minimum absolute atomic E-state index is 0.0290. The van der Waals surface area contributed by atoms with Gasteiger partial charge in [-0.15, -0.1) is 0 Å². The Labute approximate surface area is 213 Å². The standard InChI is InChI=1S/C28H37N3O5/c1-2-36-27(35)28-14-7-6-12-23(28)31(20-21-10-4-3-5-11-21)26(34)22(19-28)18-24(32)29-15-9-17-30-16-8-13-25(30)33/h3-5,10-12,22H,2,6-9,13-20H2,1H3,(H,29,32)/t22-,28-/m0/s1. The maximum Gasteiger partial charge on any atom is 0.318 e. The second kappa shape index (κ2) is 11.7. The van der Waals surface area contributed by atoms with Gasteiger partial charge in [-0.2, -0.15) is 0 Å². The van der Waals surface area contributed by atoms with Crippen LogP contribution < -0.4 is 5.32 Å². The molecule has 8 heteroatoms. The third-order valence-corrected chi connectivity index (χ3v) is 7.52. The summed E-state index contributed by atoms with van der Waals surface area (Å²) >= 11 is 0. The van der Waals surface area contributed by atoms with Crippen LogP contribution in [0.2, 0.25) is 0 Å². The van der Waals surface area contributed by atoms with Crippen molar-refractivity contribution >= 4 is 23.7 Å². The predicted molar refractivity (Wildman–Crippen MR) is 134 cm³/mol. The number of hydrogen-bond acceptors (Lipinski definition) is 5. The Kier molecular flexibility index (Phi) is 8.44. The van der Waals surface area contributed by atoms with Crippen molar-refractivity contribution in [3.05, 3.63) is 47.7 Å². The number of piperidine rings is 1. The predicted octanol–water partition coefficient (Wildman–Crippen LogP) is 3.17. The van der Waals surface area contributed by atoms with Gasteiger partial charge in [0.05, 0.1) is 13.2 Å². The zero-order chi connectivity index (χ0) is 25.5. The van der Waals surface area contributed by atoms with Crippen LogP contribution in [0.3, 0.4) is 0 Å². The lowest BCUT2D eigenvalue weighted by Gasteiger charge is -2.48. The third kappa shape index (κ3) is 5.63. The number of likely N-dealkylation sites (tertiary alicyclic amines) is 2. The van der Waals surface area contributed by atoms with Crippen molar-refractivity contribution in [1.29, 1.82) is 0 Å². The zero-order valence-corrected chi connectivity index (χ0v) is 21.2. The summed E-state index contributed by atoms with van der Waals surface area (Å²) in [5, 5.41) is 2.91. The van der Waals surface area contributed by atoms with Gasteiger partial charge in [-0.1, -0.05) is 36.4 Å². The number of hydrogen-bond donors (Lipinski definition) is 1. The fourth-order valence-electron chi connectivity index (χ4n) is 5.77. The first-order chi connectivity index (χ1) is 17.4. The Balaban J connectivity index is 1.47. The van der Waals surface area contributed by atoms with E-state index in [2.05, 4.69) is 5.32 Å². The molecule has 0 saturated carbocycles. The fourth-order valence-corrected chi connectivity index (χ4v) is 5.77. The van der Waals surface area contributed by atoms with Crippen molar-refractivity contribution in [3.8, 4) is 0 Å². The third-order valence-electron chi connectivity index (χ3n) is 7.52. The number of benzene rings is 1. The Hall–Kier alpha value is -3.16. The lowest BCUT2D eigenvalue weighted by Crippen LogP contribution is -2.54. The highest BCUT2D eigenvalue weighted by Crippen LogP contribution is 2.50. The molecule has 4 rings (SSSR count). The van der Waals surface area contributed by atoms with Crippen LogP contribution in [0.1, 0.15) is 63.9 Å². The van der Waals surface area contributed by atoms with Gasteiger partial charge < -0.3 is 19.9 Å². The topological polar surface area (TPSA) is 96.0 Å². The second-order valence-electron chi connectivity index (χ2n) is 9.99. The number of amides is 3. The van der Waals surface area contributed by atoms with Gasteiger partial charge in [-0.25, -0.2) is 0 Å². The van der Waals surface area contributed by atoms with Crippen LogP contribution in [0.5, 0.6) is 0 Å². The van der Waals surface area contributed by atoms with Gasteiger partial charge >= 0.3 is 5.97 Å². The molecule has 1 aromatic rings. The van der Waals surface area contributed by atoms with E-state index >= 15 is 0 Å². The van der Waals surface area contributed by atoms with Crippen molar-refractivity contribution in [1.82, 2.24) is 15.1 Å². The van der Waals surface area contributed by atoms with Crippen LogP contribution in [-0.2, 0) is 30.5 Å². The first kappa shape index (κ1) is 25.9. The number of nitrogens with zero attached hydrogens (tertiary/aromatic N) is 2. The maximum atomic E-state index is 13.7. The monoisotopic (exact) mass is 495 g/mol. The van der Waals surface area contributed by atoms with Gasteiger partial charge in [0, 0.05) is 44.1 Å². The Morgan fingerprint density at radius 2 is 1.97 bits per heavy atom. The molecule has 0 radical (unpaired) electrons. The fraction of sp³-hybridized carbons (Fsp3) is 0.571. The molecule has 2 aliphatic heterocycles. The molecule has 2 saturated heterocycles. The maximum absolute atomic E-state index is 13.7. The molecule has 0 bridgehead atoms. The minimum Gasteiger partial charge on any atom is -0.465 e. The molecule has 1 aliphatic carbocycles. The van der Waals surface area contributed by atoms with Gasteiger partial charge in [0.2, 0.25) is 17.7 Å². The summed E-state index contributed by atoms with van der Waals surface area (Å²) in [6.45, 7) is 4.28. The molecule has 0 spiro atoms. The molecular formula is C28H37N3O5. The molecule has 3 amide bonds. The van der Waals surface area contributed by atoms with Gasteiger partial charge in [-0.3, -0.25) is 19.2 Å². The van der Waals surface area contributed by atoms with Crippen LogP contribution in [0.4, 0.5) is 0 Å². The zero-order valence-electron chi connectivity index (χ0n) is 21.2. The summed E-state index contributed by atoms with van der Waals surface area (Å²) in [7, 11) is 0. The van der Waals surface area contributed by atoms with E-state index < -0.39 is 11.3 Å². The van der Waals surface area contributed by atoms with E-state index in [0.29, 0.717) is 38.9 Å². The molecule has 2 heterocycles. The SMILES string of the molecule is CCOC(=O)[C@]12CCCC=C1N(Cc1ccccc1)C(=O)[C@@H](CC(=O)NCCCN1CCCC1=O)C2. The summed E-state index contributed by atoms with van der Waals surface area (Å²) in [5.74, 6) is -1.06. The van der Waals surface area contributed by atoms with E-state index in [1.165, 1.54) is 0 Å². The van der Waals surface area contributed by atoms with Crippen LogP contribution in [0.15, 0.2) is 42.1 Å². The average molecular weight is 496 g/mol. The van der Waals surface area contributed by atoms with E-state index in [4.69, 9.17) is 4.74 Å². The largest absolute Gasteiger partial charge is 0.465 e. The quantitative estimate of drug-likeness (QED) is 0.397. The normalized spacial score (nSPS) is 23.8. The number of esters is 1. The average Bonchev–Trinajstić information content (AvgIpc) is 3.29. The highest BCUT2D eigenvalue weighted by molar-refractivity contribution is 5.92. The van der Waals surface area contributed by atoms with E-state index in [1.807, 2.05) is 41.3 Å². The summed E-state index contributed by atoms with van der Waals surface area (Å²) in [6.07, 6.45) is 6.76. The molecule has 2 atom stereocenters. The van der Waals surface area contributed by atoms with E-state index in [-0.39, 0.29) is 43.1 Å². The smallest absolute Gasteiger partial charge is 0.318 e. The summed E-state index contributed by atoms with van der Waals surface area (Å²) in [6, 6.07) is 9.71. The van der Waals surface area contributed by atoms with Crippen molar-refractivity contribution in [2.75, 3.05) is 26.2 Å². The Bertz CT molecular complexity index is 1010. The number of nitrogens with one attached hydrogen (secondary N) is 1. The highest BCUT2D eigenvalue weighted by atomic mass is 16.5. The molecule has 8 nitrogen and oxygen atoms in total.